The van der Waals surface area contributed by atoms with E-state index in [-0.39, 0.29) is 31.3 Å². The zero-order valence-electron chi connectivity index (χ0n) is 16.9. The van der Waals surface area contributed by atoms with Gasteiger partial charge in [0, 0.05) is 12.4 Å². The molecule has 28 heavy (non-hydrogen) atoms. The summed E-state index contributed by atoms with van der Waals surface area (Å²) >= 11 is 5.61. The maximum absolute atomic E-state index is 13.4. The van der Waals surface area contributed by atoms with Crippen molar-refractivity contribution in [3.05, 3.63) is 4.91 Å². The summed E-state index contributed by atoms with van der Waals surface area (Å²) in [6.07, 6.45) is 1.37. The van der Waals surface area contributed by atoms with E-state index in [9.17, 15) is 19.3 Å². The van der Waals surface area contributed by atoms with Gasteiger partial charge in [-0.3, -0.25) is 14.4 Å². The van der Waals surface area contributed by atoms with E-state index in [1.54, 1.807) is 13.8 Å². The molecule has 0 bridgehead atoms. The lowest BCUT2D eigenvalue weighted by molar-refractivity contribution is -0.154. The van der Waals surface area contributed by atoms with Gasteiger partial charge >= 0.3 is 0 Å². The predicted octanol–water partition coefficient (Wildman–Crippen LogP) is 0.310. The van der Waals surface area contributed by atoms with Crippen LogP contribution < -0.4 is 17.2 Å². The highest BCUT2D eigenvalue weighted by Crippen LogP contribution is 2.23. The van der Waals surface area contributed by atoms with Crippen LogP contribution in [0.3, 0.4) is 0 Å². The van der Waals surface area contributed by atoms with E-state index in [1.165, 1.54) is 4.90 Å². The summed E-state index contributed by atoms with van der Waals surface area (Å²) in [6, 6.07) is -0.941. The first-order valence-corrected chi connectivity index (χ1v) is 9.96. The van der Waals surface area contributed by atoms with Gasteiger partial charge in [0.2, 0.25) is 5.91 Å². The van der Waals surface area contributed by atoms with Crippen LogP contribution in [0.1, 0.15) is 46.5 Å². The number of unbranched alkanes of at least 4 members (excludes halogenated alkanes) is 1. The molecule has 0 saturated carbocycles. The van der Waals surface area contributed by atoms with Crippen LogP contribution in [0.15, 0.2) is 5.29 Å². The minimum Gasteiger partial charge on any atom is -0.368 e. The molecule has 0 aliphatic carbocycles. The highest BCUT2D eigenvalue weighted by Gasteiger charge is 2.49. The number of rotatable bonds is 14. The Labute approximate surface area is 171 Å². The minimum atomic E-state index is -2.08. The number of carbonyl (C=O) groups is 3. The third-order valence-corrected chi connectivity index (χ3v) is 4.57. The van der Waals surface area contributed by atoms with Crippen molar-refractivity contribution in [3.8, 4) is 0 Å². The number of amides is 3. The summed E-state index contributed by atoms with van der Waals surface area (Å²) < 4.78 is 0. The Morgan fingerprint density at radius 2 is 1.75 bits per heavy atom. The number of halogens is 1. The molecule has 0 aromatic carbocycles. The third kappa shape index (κ3) is 6.68. The molecule has 3 amide bonds. The molecule has 0 saturated heterocycles. The second-order valence-corrected chi connectivity index (χ2v) is 7.38. The summed E-state index contributed by atoms with van der Waals surface area (Å²) in [7, 11) is 0. The van der Waals surface area contributed by atoms with E-state index in [2.05, 4.69) is 5.29 Å². The van der Waals surface area contributed by atoms with E-state index in [4.69, 9.17) is 28.8 Å². The molecule has 0 unspecified atom stereocenters. The molecule has 0 aromatic rings. The Bertz CT molecular complexity index is 548. The second-order valence-electron chi connectivity index (χ2n) is 7.01. The fourth-order valence-corrected chi connectivity index (χ4v) is 3.21. The van der Waals surface area contributed by atoms with Crippen LogP contribution in [0.4, 0.5) is 0 Å². The van der Waals surface area contributed by atoms with Gasteiger partial charge in [0.05, 0.1) is 11.8 Å². The number of hydrogen-bond donors (Lipinski definition) is 3. The molecule has 2 atom stereocenters. The second kappa shape index (κ2) is 12.6. The SMILES string of the molecule is CCCN(C(=O)[C@@](N)(CCCCN)C(=O)N(CCCl)N=O)[C@H](C(N)=O)C(C)C. The molecule has 0 rings (SSSR count). The lowest BCUT2D eigenvalue weighted by Gasteiger charge is -2.39. The van der Waals surface area contributed by atoms with E-state index in [0.29, 0.717) is 30.8 Å². The minimum absolute atomic E-state index is 0.0556. The van der Waals surface area contributed by atoms with Crippen LogP contribution >= 0.6 is 11.6 Å². The van der Waals surface area contributed by atoms with E-state index < -0.39 is 29.3 Å². The molecule has 0 radical (unpaired) electrons. The predicted molar refractivity (Wildman–Crippen MR) is 108 cm³/mol. The fourth-order valence-electron chi connectivity index (χ4n) is 3.05. The average Bonchev–Trinajstić information content (AvgIpc) is 2.63. The fraction of sp³-hybridized carbons (Fsp3) is 0.824. The van der Waals surface area contributed by atoms with Crippen LogP contribution in [0.5, 0.6) is 0 Å². The largest absolute Gasteiger partial charge is 0.368 e. The zero-order chi connectivity index (χ0) is 21.9. The average molecular weight is 421 g/mol. The zero-order valence-corrected chi connectivity index (χ0v) is 17.7. The number of alkyl halides is 1. The molecule has 6 N–H and O–H groups in total. The third-order valence-electron chi connectivity index (χ3n) is 4.40. The van der Waals surface area contributed by atoms with Gasteiger partial charge in [0.15, 0.2) is 5.54 Å². The van der Waals surface area contributed by atoms with Gasteiger partial charge in [-0.15, -0.1) is 16.5 Å². The number of carbonyl (C=O) groups excluding carboxylic acids is 3. The molecular formula is C17H33ClN6O4. The molecular weight excluding hydrogens is 388 g/mol. The van der Waals surface area contributed by atoms with Gasteiger partial charge in [-0.2, -0.15) is 5.01 Å². The molecule has 162 valence electrons. The Morgan fingerprint density at radius 3 is 2.14 bits per heavy atom. The van der Waals surface area contributed by atoms with Crippen LogP contribution in [0.2, 0.25) is 0 Å². The lowest BCUT2D eigenvalue weighted by Crippen LogP contribution is -2.67. The van der Waals surface area contributed by atoms with Crippen LogP contribution in [-0.2, 0) is 14.4 Å². The molecule has 0 fully saturated rings. The van der Waals surface area contributed by atoms with Crippen LogP contribution in [-0.4, -0.2) is 64.7 Å². The van der Waals surface area contributed by atoms with Crippen molar-refractivity contribution in [3.63, 3.8) is 0 Å². The summed E-state index contributed by atoms with van der Waals surface area (Å²) in [6.45, 7) is 5.64. The lowest BCUT2D eigenvalue weighted by atomic mass is 9.88. The highest BCUT2D eigenvalue weighted by atomic mass is 35.5. The van der Waals surface area contributed by atoms with Crippen molar-refractivity contribution in [2.45, 2.75) is 58.0 Å². The Morgan fingerprint density at radius 1 is 1.14 bits per heavy atom. The molecule has 0 heterocycles. The van der Waals surface area contributed by atoms with Gasteiger partial charge in [-0.05, 0) is 38.1 Å². The molecule has 0 aromatic heterocycles. The standard InChI is InChI=1S/C17H33ClN6O4/c1-4-10-23(13(12(2)3)14(20)25)15(26)17(21,7-5-6-9-19)16(27)24(22-28)11-8-18/h12-13H,4-11,19,21H2,1-3H3,(H2,20,25)/t13-,17-/m0/s1. The van der Waals surface area contributed by atoms with Gasteiger partial charge in [0.1, 0.15) is 6.04 Å². The first-order chi connectivity index (χ1) is 13.1. The van der Waals surface area contributed by atoms with Crippen molar-refractivity contribution in [1.82, 2.24) is 9.91 Å². The number of nitroso groups, excluding NO2 is 1. The van der Waals surface area contributed by atoms with E-state index in [1.807, 2.05) is 6.92 Å². The Kier molecular flexibility index (Phi) is 11.8. The van der Waals surface area contributed by atoms with Crippen molar-refractivity contribution < 1.29 is 14.4 Å². The molecule has 0 aliphatic heterocycles. The maximum Gasteiger partial charge on any atom is 0.275 e. The van der Waals surface area contributed by atoms with Crippen molar-refractivity contribution in [2.75, 3.05) is 25.5 Å². The first kappa shape index (κ1) is 26.2. The quantitative estimate of drug-likeness (QED) is 0.120. The maximum atomic E-state index is 13.4. The van der Waals surface area contributed by atoms with Crippen molar-refractivity contribution in [1.29, 1.82) is 0 Å². The molecule has 0 spiro atoms. The number of hydrogen-bond acceptors (Lipinski definition) is 7. The monoisotopic (exact) mass is 420 g/mol. The van der Waals surface area contributed by atoms with Crippen molar-refractivity contribution in [2.24, 2.45) is 28.4 Å². The molecule has 0 aliphatic rings. The normalized spacial score (nSPS) is 14.2. The van der Waals surface area contributed by atoms with Gasteiger partial charge in [0.25, 0.3) is 11.8 Å². The number of nitrogens with zero attached hydrogens (tertiary/aromatic N) is 3. The number of nitrogens with two attached hydrogens (primary N) is 3. The summed E-state index contributed by atoms with van der Waals surface area (Å²) in [4.78, 5) is 50.7. The Balaban J connectivity index is 6.12. The van der Waals surface area contributed by atoms with Crippen molar-refractivity contribution >= 4 is 29.3 Å². The van der Waals surface area contributed by atoms with Gasteiger partial charge < -0.3 is 22.1 Å². The highest BCUT2D eigenvalue weighted by molar-refractivity contribution is 6.18. The Hall–Kier alpha value is -1.78. The van der Waals surface area contributed by atoms with E-state index >= 15 is 0 Å². The topological polar surface area (TPSA) is 165 Å². The van der Waals surface area contributed by atoms with Gasteiger partial charge in [-0.1, -0.05) is 20.8 Å². The smallest absolute Gasteiger partial charge is 0.275 e. The first-order valence-electron chi connectivity index (χ1n) is 9.42. The molecule has 11 heteroatoms. The van der Waals surface area contributed by atoms with E-state index in [0.717, 1.165) is 0 Å². The van der Waals surface area contributed by atoms with Gasteiger partial charge in [-0.25, -0.2) is 0 Å². The molecule has 10 nitrogen and oxygen atoms in total. The van der Waals surface area contributed by atoms with Crippen LogP contribution in [0.25, 0.3) is 0 Å². The van der Waals surface area contributed by atoms with Crippen LogP contribution in [0, 0.1) is 10.8 Å². The number of primary amides is 1. The summed E-state index contributed by atoms with van der Waals surface area (Å²) in [5.41, 5.74) is 15.2. The summed E-state index contributed by atoms with van der Waals surface area (Å²) in [5, 5.41) is 3.20. The summed E-state index contributed by atoms with van der Waals surface area (Å²) in [5.74, 6) is -2.77.